The van der Waals surface area contributed by atoms with Crippen molar-refractivity contribution in [1.82, 2.24) is 14.1 Å². The van der Waals surface area contributed by atoms with Gasteiger partial charge in [-0.25, -0.2) is 8.42 Å². The van der Waals surface area contributed by atoms with E-state index in [1.165, 1.54) is 21.5 Å². The van der Waals surface area contributed by atoms with Crippen LogP contribution in [-0.4, -0.2) is 67.7 Å². The summed E-state index contributed by atoms with van der Waals surface area (Å²) in [5.41, 5.74) is 2.86. The van der Waals surface area contributed by atoms with Gasteiger partial charge < -0.3 is 4.90 Å². The van der Waals surface area contributed by atoms with Gasteiger partial charge in [0.05, 0.1) is 10.9 Å². The molecule has 1 aliphatic heterocycles. The highest BCUT2D eigenvalue weighted by Gasteiger charge is 2.29. The molecule has 4 rings (SSSR count). The molecule has 6 nitrogen and oxygen atoms in total. The van der Waals surface area contributed by atoms with Gasteiger partial charge in [0.1, 0.15) is 0 Å². The summed E-state index contributed by atoms with van der Waals surface area (Å²) in [6.45, 7) is 6.27. The Labute approximate surface area is 208 Å². The molecule has 0 N–H and O–H groups in total. The minimum Gasteiger partial charge on any atom is -0.336 e. The number of rotatable bonds is 7. The second kappa shape index (κ2) is 10.7. The highest BCUT2D eigenvalue weighted by molar-refractivity contribution is 7.89. The van der Waals surface area contributed by atoms with Gasteiger partial charge in [-0.2, -0.15) is 4.31 Å². The van der Waals surface area contributed by atoms with Crippen LogP contribution in [0.5, 0.6) is 0 Å². The number of piperazine rings is 1. The standard InChI is InChI=1S/C28H33N3O3S/c1-22(2)29(3)35(33,34)26-16-10-15-25(21-26)28(32)31-19-17-30(18-20-31)27(23-11-6-4-7-12-23)24-13-8-5-9-14-24/h4-16,21-22,27H,17-20H2,1-3H3. The van der Waals surface area contributed by atoms with Crippen molar-refractivity contribution in [1.29, 1.82) is 0 Å². The van der Waals surface area contributed by atoms with Crippen LogP contribution in [0.4, 0.5) is 0 Å². The largest absolute Gasteiger partial charge is 0.336 e. The number of sulfonamides is 1. The monoisotopic (exact) mass is 491 g/mol. The van der Waals surface area contributed by atoms with Gasteiger partial charge in [-0.15, -0.1) is 0 Å². The molecule has 0 unspecified atom stereocenters. The van der Waals surface area contributed by atoms with Crippen LogP contribution in [0.2, 0.25) is 0 Å². The van der Waals surface area contributed by atoms with Crippen LogP contribution in [0.3, 0.4) is 0 Å². The van der Waals surface area contributed by atoms with E-state index in [-0.39, 0.29) is 22.9 Å². The molecular weight excluding hydrogens is 458 g/mol. The Bertz CT molecular complexity index is 1200. The molecule has 1 fully saturated rings. The first-order valence-corrected chi connectivity index (χ1v) is 13.4. The molecule has 1 aliphatic rings. The molecule has 0 radical (unpaired) electrons. The van der Waals surface area contributed by atoms with E-state index < -0.39 is 10.0 Å². The normalized spacial score (nSPS) is 15.2. The molecule has 0 aromatic heterocycles. The Morgan fingerprint density at radius 2 is 1.34 bits per heavy atom. The van der Waals surface area contributed by atoms with Crippen LogP contribution in [0.15, 0.2) is 89.8 Å². The van der Waals surface area contributed by atoms with E-state index in [4.69, 9.17) is 0 Å². The predicted octanol–water partition coefficient (Wildman–Crippen LogP) is 4.26. The molecule has 3 aromatic rings. The molecule has 1 heterocycles. The third-order valence-electron chi connectivity index (χ3n) is 6.68. The van der Waals surface area contributed by atoms with Crippen molar-refractivity contribution < 1.29 is 13.2 Å². The van der Waals surface area contributed by atoms with Gasteiger partial charge in [-0.1, -0.05) is 66.7 Å². The second-order valence-electron chi connectivity index (χ2n) is 9.19. The van der Waals surface area contributed by atoms with Gasteiger partial charge in [-0.05, 0) is 43.2 Å². The van der Waals surface area contributed by atoms with E-state index in [2.05, 4.69) is 53.4 Å². The van der Waals surface area contributed by atoms with Gasteiger partial charge in [0.15, 0.2) is 0 Å². The molecule has 1 saturated heterocycles. The number of hydrogen-bond acceptors (Lipinski definition) is 4. The summed E-state index contributed by atoms with van der Waals surface area (Å²) >= 11 is 0. The van der Waals surface area contributed by atoms with E-state index in [0.29, 0.717) is 18.7 Å². The molecule has 3 aromatic carbocycles. The van der Waals surface area contributed by atoms with Gasteiger partial charge in [-0.3, -0.25) is 9.69 Å². The van der Waals surface area contributed by atoms with Crippen LogP contribution in [0.1, 0.15) is 41.4 Å². The minimum absolute atomic E-state index is 0.120. The Morgan fingerprint density at radius 1 is 0.800 bits per heavy atom. The summed E-state index contributed by atoms with van der Waals surface area (Å²) in [6.07, 6.45) is 0. The number of nitrogens with zero attached hydrogens (tertiary/aromatic N) is 3. The van der Waals surface area contributed by atoms with Crippen LogP contribution >= 0.6 is 0 Å². The Morgan fingerprint density at radius 3 is 1.86 bits per heavy atom. The molecule has 0 saturated carbocycles. The Hall–Kier alpha value is -3.00. The molecule has 184 valence electrons. The zero-order valence-electron chi connectivity index (χ0n) is 20.5. The Kier molecular flexibility index (Phi) is 7.69. The summed E-state index contributed by atoms with van der Waals surface area (Å²) in [7, 11) is -2.09. The van der Waals surface area contributed by atoms with Crippen molar-refractivity contribution in [3.63, 3.8) is 0 Å². The Balaban J connectivity index is 1.50. The minimum atomic E-state index is -3.65. The zero-order chi connectivity index (χ0) is 25.0. The number of amides is 1. The van der Waals surface area contributed by atoms with E-state index in [0.717, 1.165) is 13.1 Å². The summed E-state index contributed by atoms with van der Waals surface area (Å²) in [4.78, 5) is 17.7. The van der Waals surface area contributed by atoms with Crippen LogP contribution in [0, 0.1) is 0 Å². The quantitative estimate of drug-likeness (QED) is 0.495. The fourth-order valence-electron chi connectivity index (χ4n) is 4.48. The predicted molar refractivity (Wildman–Crippen MR) is 139 cm³/mol. The molecule has 0 aliphatic carbocycles. The van der Waals surface area contributed by atoms with E-state index >= 15 is 0 Å². The first-order valence-electron chi connectivity index (χ1n) is 12.0. The van der Waals surface area contributed by atoms with Crippen molar-refractivity contribution >= 4 is 15.9 Å². The molecule has 7 heteroatoms. The van der Waals surface area contributed by atoms with Crippen LogP contribution in [0.25, 0.3) is 0 Å². The SMILES string of the molecule is CC(C)N(C)S(=O)(=O)c1cccc(C(=O)N2CCN(C(c3ccccc3)c3ccccc3)CC2)c1. The summed E-state index contributed by atoms with van der Waals surface area (Å²) in [5, 5.41) is 0. The van der Waals surface area contributed by atoms with Crippen molar-refractivity contribution in [3.8, 4) is 0 Å². The lowest BCUT2D eigenvalue weighted by Gasteiger charge is -2.39. The smallest absolute Gasteiger partial charge is 0.253 e. The highest BCUT2D eigenvalue weighted by atomic mass is 32.2. The molecule has 1 amide bonds. The third kappa shape index (κ3) is 5.48. The molecule has 0 bridgehead atoms. The third-order valence-corrected chi connectivity index (χ3v) is 8.71. The lowest BCUT2D eigenvalue weighted by atomic mass is 9.96. The summed E-state index contributed by atoms with van der Waals surface area (Å²) < 4.78 is 27.1. The van der Waals surface area contributed by atoms with Gasteiger partial charge >= 0.3 is 0 Å². The number of carbonyl (C=O) groups excluding carboxylic acids is 1. The van der Waals surface area contributed by atoms with Crippen LogP contribution < -0.4 is 0 Å². The average molecular weight is 492 g/mol. The van der Waals surface area contributed by atoms with Gasteiger partial charge in [0.2, 0.25) is 10.0 Å². The van der Waals surface area contributed by atoms with Gasteiger partial charge in [0.25, 0.3) is 5.91 Å². The zero-order valence-corrected chi connectivity index (χ0v) is 21.4. The number of carbonyl (C=O) groups is 1. The topological polar surface area (TPSA) is 60.9 Å². The molecular formula is C28H33N3O3S. The van der Waals surface area contributed by atoms with Crippen LogP contribution in [-0.2, 0) is 10.0 Å². The van der Waals surface area contributed by atoms with E-state index in [1.807, 2.05) is 30.9 Å². The number of hydrogen-bond donors (Lipinski definition) is 0. The second-order valence-corrected chi connectivity index (χ2v) is 11.2. The fraction of sp³-hybridized carbons (Fsp3) is 0.321. The van der Waals surface area contributed by atoms with Crippen molar-refractivity contribution in [3.05, 3.63) is 102 Å². The summed E-state index contributed by atoms with van der Waals surface area (Å²) in [5.74, 6) is -0.134. The lowest BCUT2D eigenvalue weighted by molar-refractivity contribution is 0.0597. The first kappa shape index (κ1) is 25.1. The van der Waals surface area contributed by atoms with E-state index in [1.54, 1.807) is 25.2 Å². The molecule has 35 heavy (non-hydrogen) atoms. The highest BCUT2D eigenvalue weighted by Crippen LogP contribution is 2.29. The lowest BCUT2D eigenvalue weighted by Crippen LogP contribution is -2.49. The van der Waals surface area contributed by atoms with E-state index in [9.17, 15) is 13.2 Å². The molecule has 0 spiro atoms. The number of benzene rings is 3. The van der Waals surface area contributed by atoms with Crippen molar-refractivity contribution in [2.24, 2.45) is 0 Å². The summed E-state index contributed by atoms with van der Waals surface area (Å²) in [6, 6.07) is 27.2. The van der Waals surface area contributed by atoms with Crippen molar-refractivity contribution in [2.75, 3.05) is 33.2 Å². The first-order chi connectivity index (χ1) is 16.8. The average Bonchev–Trinajstić information content (AvgIpc) is 2.89. The fourth-order valence-corrected chi connectivity index (χ4v) is 5.90. The maximum absolute atomic E-state index is 13.3. The maximum atomic E-state index is 13.3. The van der Waals surface area contributed by atoms with Crippen molar-refractivity contribution in [2.45, 2.75) is 30.8 Å². The van der Waals surface area contributed by atoms with Gasteiger partial charge in [0, 0.05) is 44.8 Å². The maximum Gasteiger partial charge on any atom is 0.253 e. The molecule has 0 atom stereocenters.